The van der Waals surface area contributed by atoms with Crippen molar-refractivity contribution in [1.29, 1.82) is 0 Å². The number of benzene rings is 3. The van der Waals surface area contributed by atoms with Crippen molar-refractivity contribution in [3.63, 3.8) is 0 Å². The molecule has 3 aromatic carbocycles. The maximum Gasteiger partial charge on any atom is 0.439 e. The van der Waals surface area contributed by atoms with Crippen molar-refractivity contribution in [2.75, 3.05) is 0 Å². The van der Waals surface area contributed by atoms with E-state index in [1.165, 1.54) is 0 Å². The fourth-order valence-electron chi connectivity index (χ4n) is 2.79. The van der Waals surface area contributed by atoms with Crippen molar-refractivity contribution in [2.45, 2.75) is 0 Å². The van der Waals surface area contributed by atoms with Crippen LogP contribution in [0.2, 0.25) is 0 Å². The molecular weight excluding hydrogens is 286 g/mol. The lowest BCUT2D eigenvalue weighted by atomic mass is 9.97. The third kappa shape index (κ3) is 2.42. The average molecular weight is 299 g/mol. The highest BCUT2D eigenvalue weighted by atomic mass is 16.4. The van der Waals surface area contributed by atoms with Crippen molar-refractivity contribution in [2.24, 2.45) is 0 Å². The molecular formula is C20H13NO2. The highest BCUT2D eigenvalue weighted by molar-refractivity contribution is 6.02. The first-order valence-corrected chi connectivity index (χ1v) is 7.37. The molecule has 0 amide bonds. The predicted molar refractivity (Wildman–Crippen MR) is 91.2 cm³/mol. The zero-order valence-corrected chi connectivity index (χ0v) is 12.3. The molecule has 3 nitrogen and oxygen atoms in total. The first-order valence-electron chi connectivity index (χ1n) is 7.37. The summed E-state index contributed by atoms with van der Waals surface area (Å²) >= 11 is 0. The van der Waals surface area contributed by atoms with Gasteiger partial charge in [-0.3, -0.25) is 0 Å². The number of rotatable bonds is 2. The van der Waals surface area contributed by atoms with Crippen LogP contribution in [0.4, 0.5) is 0 Å². The molecule has 0 fully saturated rings. The molecule has 1 heterocycles. The van der Waals surface area contributed by atoms with E-state index in [2.05, 4.69) is 4.98 Å². The molecule has 0 N–H and O–H groups in total. The Morgan fingerprint density at radius 2 is 1.35 bits per heavy atom. The number of hydrogen-bond acceptors (Lipinski definition) is 3. The van der Waals surface area contributed by atoms with Gasteiger partial charge in [-0.1, -0.05) is 72.8 Å². The number of hydrogen-bond donors (Lipinski definition) is 0. The molecule has 0 atom stereocenters. The zero-order valence-electron chi connectivity index (χ0n) is 12.3. The zero-order chi connectivity index (χ0) is 15.6. The first kappa shape index (κ1) is 13.5. The van der Waals surface area contributed by atoms with Gasteiger partial charge in [0.2, 0.25) is 0 Å². The van der Waals surface area contributed by atoms with Crippen LogP contribution in [0.1, 0.15) is 0 Å². The lowest BCUT2D eigenvalue weighted by molar-refractivity contribution is 0.533. The second-order valence-corrected chi connectivity index (χ2v) is 5.24. The molecule has 0 radical (unpaired) electrons. The Hall–Kier alpha value is -3.20. The fraction of sp³-hybridized carbons (Fsp3) is 0. The third-order valence-corrected chi connectivity index (χ3v) is 3.80. The van der Waals surface area contributed by atoms with Crippen LogP contribution in [0.25, 0.3) is 33.4 Å². The van der Waals surface area contributed by atoms with Crippen LogP contribution in [0.5, 0.6) is 0 Å². The Kier molecular flexibility index (Phi) is 3.24. The Morgan fingerprint density at radius 3 is 2.04 bits per heavy atom. The Labute approximate surface area is 132 Å². The predicted octanol–water partition coefficient (Wildman–Crippen LogP) is 4.52. The van der Waals surface area contributed by atoms with E-state index in [1.807, 2.05) is 72.8 Å². The molecule has 0 aliphatic carbocycles. The summed E-state index contributed by atoms with van der Waals surface area (Å²) < 4.78 is 5.32. The van der Waals surface area contributed by atoms with Crippen LogP contribution in [0.3, 0.4) is 0 Å². The van der Waals surface area contributed by atoms with E-state index in [0.29, 0.717) is 11.3 Å². The number of fused-ring (bicyclic) bond motifs is 1. The van der Waals surface area contributed by atoms with E-state index < -0.39 is 5.76 Å². The van der Waals surface area contributed by atoms with E-state index in [9.17, 15) is 4.79 Å². The van der Waals surface area contributed by atoms with Gasteiger partial charge in [-0.25, -0.2) is 4.79 Å². The summed E-state index contributed by atoms with van der Waals surface area (Å²) in [6.45, 7) is 0. The van der Waals surface area contributed by atoms with Crippen molar-refractivity contribution in [1.82, 2.24) is 4.98 Å². The van der Waals surface area contributed by atoms with Gasteiger partial charge in [0.05, 0.1) is 11.1 Å². The normalized spacial score (nSPS) is 10.8. The van der Waals surface area contributed by atoms with E-state index >= 15 is 0 Å². The number of nitrogens with zero attached hydrogens (tertiary/aromatic N) is 1. The smallest absolute Gasteiger partial charge is 0.408 e. The topological polar surface area (TPSA) is 43.1 Å². The van der Waals surface area contributed by atoms with E-state index in [-0.39, 0.29) is 0 Å². The summed E-state index contributed by atoms with van der Waals surface area (Å²) in [5.41, 5.74) is 4.15. The molecule has 0 spiro atoms. The molecule has 0 bridgehead atoms. The molecule has 0 aliphatic heterocycles. The maximum absolute atomic E-state index is 11.8. The minimum atomic E-state index is -0.582. The summed E-state index contributed by atoms with van der Waals surface area (Å²) in [6.07, 6.45) is 0. The maximum atomic E-state index is 11.8. The monoisotopic (exact) mass is 299 g/mol. The van der Waals surface area contributed by atoms with E-state index in [1.54, 1.807) is 6.07 Å². The standard InChI is InChI=1S/C20H13NO2/c22-20-21-19(15-10-5-2-6-11-15)18-16(12-7-13-17(18)23-20)14-8-3-1-4-9-14/h1-13H. The van der Waals surface area contributed by atoms with Crippen LogP contribution in [0, 0.1) is 0 Å². The largest absolute Gasteiger partial charge is 0.439 e. The van der Waals surface area contributed by atoms with Gasteiger partial charge < -0.3 is 4.42 Å². The highest BCUT2D eigenvalue weighted by Crippen LogP contribution is 2.34. The first-order chi connectivity index (χ1) is 11.3. The molecule has 4 aromatic rings. The van der Waals surface area contributed by atoms with E-state index in [0.717, 1.165) is 22.1 Å². The van der Waals surface area contributed by atoms with Crippen LogP contribution >= 0.6 is 0 Å². The quantitative estimate of drug-likeness (QED) is 0.546. The van der Waals surface area contributed by atoms with Gasteiger partial charge in [0.15, 0.2) is 0 Å². The third-order valence-electron chi connectivity index (χ3n) is 3.80. The number of aromatic nitrogens is 1. The van der Waals surface area contributed by atoms with Gasteiger partial charge in [-0.2, -0.15) is 4.98 Å². The van der Waals surface area contributed by atoms with Crippen molar-refractivity contribution < 1.29 is 4.42 Å². The lowest BCUT2D eigenvalue weighted by Gasteiger charge is -2.10. The molecule has 0 saturated heterocycles. The van der Waals surface area contributed by atoms with Gasteiger partial charge in [-0.15, -0.1) is 0 Å². The second-order valence-electron chi connectivity index (χ2n) is 5.24. The Morgan fingerprint density at radius 1 is 0.696 bits per heavy atom. The minimum absolute atomic E-state index is 0.546. The van der Waals surface area contributed by atoms with Crippen LogP contribution in [-0.4, -0.2) is 4.98 Å². The Balaban J connectivity index is 2.12. The van der Waals surface area contributed by atoms with Crippen LogP contribution in [0.15, 0.2) is 88.1 Å². The van der Waals surface area contributed by atoms with E-state index in [4.69, 9.17) is 4.42 Å². The molecule has 110 valence electrons. The lowest BCUT2D eigenvalue weighted by Crippen LogP contribution is -2.06. The summed E-state index contributed by atoms with van der Waals surface area (Å²) in [5.74, 6) is -0.582. The van der Waals surface area contributed by atoms with Gasteiger partial charge in [-0.05, 0) is 17.2 Å². The SMILES string of the molecule is O=c1nc(-c2ccccc2)c2c(-c3ccccc3)cccc2o1. The van der Waals surface area contributed by atoms with Gasteiger partial charge in [0.1, 0.15) is 5.58 Å². The summed E-state index contributed by atoms with van der Waals surface area (Å²) in [6, 6.07) is 25.4. The molecule has 0 aliphatic rings. The molecule has 0 saturated carbocycles. The van der Waals surface area contributed by atoms with Gasteiger partial charge >= 0.3 is 5.76 Å². The molecule has 0 unspecified atom stereocenters. The second kappa shape index (κ2) is 5.54. The van der Waals surface area contributed by atoms with Crippen molar-refractivity contribution in [3.8, 4) is 22.4 Å². The van der Waals surface area contributed by atoms with Crippen LogP contribution < -0.4 is 5.76 Å². The summed E-state index contributed by atoms with van der Waals surface area (Å²) in [5, 5.41) is 0.851. The van der Waals surface area contributed by atoms with Crippen LogP contribution in [-0.2, 0) is 0 Å². The molecule has 4 rings (SSSR count). The fourth-order valence-corrected chi connectivity index (χ4v) is 2.79. The minimum Gasteiger partial charge on any atom is -0.408 e. The molecule has 1 aromatic heterocycles. The summed E-state index contributed by atoms with van der Waals surface area (Å²) in [4.78, 5) is 16.0. The Bertz CT molecular complexity index is 1020. The van der Waals surface area contributed by atoms with Gasteiger partial charge in [0, 0.05) is 5.56 Å². The molecule has 23 heavy (non-hydrogen) atoms. The summed E-state index contributed by atoms with van der Waals surface area (Å²) in [7, 11) is 0. The van der Waals surface area contributed by atoms with Crippen molar-refractivity contribution >= 4 is 11.0 Å². The van der Waals surface area contributed by atoms with Crippen molar-refractivity contribution in [3.05, 3.63) is 89.4 Å². The highest BCUT2D eigenvalue weighted by Gasteiger charge is 2.14. The van der Waals surface area contributed by atoms with Gasteiger partial charge in [0.25, 0.3) is 0 Å². The average Bonchev–Trinajstić information content (AvgIpc) is 2.62. The molecule has 3 heteroatoms.